The third kappa shape index (κ3) is 4.98. The fraction of sp³-hybridized carbons (Fsp3) is 0.324. The van der Waals surface area contributed by atoms with Crippen LogP contribution in [0.3, 0.4) is 0 Å². The normalized spacial score (nSPS) is 17.2. The van der Waals surface area contributed by atoms with Gasteiger partial charge in [-0.3, -0.25) is 14.4 Å². The van der Waals surface area contributed by atoms with Crippen LogP contribution in [0.4, 0.5) is 10.1 Å². The second-order valence-electron chi connectivity index (χ2n) is 11.4. The number of aromatic nitrogens is 1. The molecule has 0 saturated carbocycles. The Morgan fingerprint density at radius 3 is 2.59 bits per heavy atom. The van der Waals surface area contributed by atoms with Crippen LogP contribution in [0.1, 0.15) is 33.6 Å². The van der Waals surface area contributed by atoms with Gasteiger partial charge in [0.25, 0.3) is 11.8 Å². The van der Waals surface area contributed by atoms with Gasteiger partial charge >= 0.3 is 0 Å². The fourth-order valence-corrected chi connectivity index (χ4v) is 6.57. The van der Waals surface area contributed by atoms with E-state index in [0.29, 0.717) is 86.3 Å². The molecule has 3 aromatic carbocycles. The minimum Gasteiger partial charge on any atom is -0.493 e. The number of amides is 2. The lowest BCUT2D eigenvalue weighted by molar-refractivity contribution is 0.0301. The molecule has 1 N–H and O–H groups in total. The van der Waals surface area contributed by atoms with Gasteiger partial charge in [0, 0.05) is 38.4 Å². The number of benzene rings is 3. The number of nitrogens with one attached hydrogen (secondary N) is 1. The molecule has 1 unspecified atom stereocenters. The molecular weight excluding hydrogens is 595 g/mol. The molecule has 0 aliphatic carbocycles. The maximum absolute atomic E-state index is 16.3. The van der Waals surface area contributed by atoms with Crippen LogP contribution in [0.25, 0.3) is 16.6 Å². The lowest BCUT2D eigenvalue weighted by Crippen LogP contribution is -2.48. The van der Waals surface area contributed by atoms with E-state index in [-0.39, 0.29) is 34.3 Å². The number of para-hydroxylation sites is 3. The molecule has 2 saturated heterocycles. The highest BCUT2D eigenvalue weighted by Crippen LogP contribution is 2.47. The van der Waals surface area contributed by atoms with E-state index in [1.54, 1.807) is 33.7 Å². The molecule has 11 nitrogen and oxygen atoms in total. The molecule has 3 aliphatic rings. The Morgan fingerprint density at radius 1 is 1.00 bits per heavy atom. The van der Waals surface area contributed by atoms with Gasteiger partial charge in [-0.05, 0) is 43.2 Å². The second-order valence-corrected chi connectivity index (χ2v) is 11.4. The quantitative estimate of drug-likeness (QED) is 0.299. The van der Waals surface area contributed by atoms with Crippen molar-refractivity contribution in [2.45, 2.75) is 18.9 Å². The summed E-state index contributed by atoms with van der Waals surface area (Å²) in [6.07, 6.45) is 2.89. The number of piperidine rings is 1. The van der Waals surface area contributed by atoms with Gasteiger partial charge < -0.3 is 38.6 Å². The van der Waals surface area contributed by atoms with Crippen molar-refractivity contribution in [1.82, 2.24) is 14.8 Å². The minimum absolute atomic E-state index is 0.0436. The summed E-state index contributed by atoms with van der Waals surface area (Å²) in [6, 6.07) is 13.2. The summed E-state index contributed by atoms with van der Waals surface area (Å²) in [5, 5.41) is 3.12. The number of fused-ring (bicyclic) bond motifs is 2. The Hall–Kier alpha value is -5.10. The van der Waals surface area contributed by atoms with Crippen LogP contribution in [0, 0.1) is 5.82 Å². The Labute approximate surface area is 264 Å². The third-order valence-electron chi connectivity index (χ3n) is 8.76. The number of anilines is 1. The number of hydrogen-bond donors (Lipinski definition) is 1. The van der Waals surface area contributed by atoms with E-state index in [4.69, 9.17) is 18.9 Å². The van der Waals surface area contributed by atoms with Gasteiger partial charge in [-0.25, -0.2) is 4.39 Å². The van der Waals surface area contributed by atoms with E-state index < -0.39 is 17.2 Å². The predicted octanol–water partition coefficient (Wildman–Crippen LogP) is 4.12. The first-order chi connectivity index (χ1) is 22.4. The van der Waals surface area contributed by atoms with Crippen molar-refractivity contribution in [2.75, 3.05) is 58.5 Å². The van der Waals surface area contributed by atoms with Crippen LogP contribution < -0.4 is 29.9 Å². The largest absolute Gasteiger partial charge is 0.493 e. The Morgan fingerprint density at radius 2 is 1.80 bits per heavy atom. The number of hydrogen-bond acceptors (Lipinski definition) is 8. The number of halogens is 1. The summed E-state index contributed by atoms with van der Waals surface area (Å²) in [7, 11) is 2.98. The molecule has 238 valence electrons. The van der Waals surface area contributed by atoms with Crippen LogP contribution in [0.15, 0.2) is 59.5 Å². The second kappa shape index (κ2) is 12.0. The molecule has 2 amide bonds. The van der Waals surface area contributed by atoms with Gasteiger partial charge in [0.15, 0.2) is 28.8 Å². The molecule has 12 heteroatoms. The van der Waals surface area contributed by atoms with Gasteiger partial charge in [-0.1, -0.05) is 18.2 Å². The van der Waals surface area contributed by atoms with Crippen molar-refractivity contribution >= 4 is 28.4 Å². The fourth-order valence-electron chi connectivity index (χ4n) is 6.57. The smallest absolute Gasteiger partial charge is 0.259 e. The molecule has 1 aromatic heterocycles. The van der Waals surface area contributed by atoms with E-state index >= 15 is 4.39 Å². The molecule has 4 aromatic rings. The first-order valence-corrected chi connectivity index (χ1v) is 15.2. The summed E-state index contributed by atoms with van der Waals surface area (Å²) in [5.74, 6) is 0.0208. The van der Waals surface area contributed by atoms with E-state index in [1.807, 2.05) is 23.1 Å². The summed E-state index contributed by atoms with van der Waals surface area (Å²) >= 11 is 0. The van der Waals surface area contributed by atoms with E-state index in [9.17, 15) is 14.4 Å². The number of rotatable bonds is 6. The maximum atomic E-state index is 16.3. The highest BCUT2D eigenvalue weighted by Gasteiger charge is 2.34. The molecule has 1 atom stereocenters. The SMILES string of the molecule is COc1cccc(C(=O)NC2CCCN(c3c(F)cc4c(=O)c(C(=O)N5CCOCC5)cn5c4c3Oc3ccccc3-5)C2)c1OC. The number of morpholine rings is 1. The Bertz CT molecular complexity index is 1920. The number of carbonyl (C=O) groups excluding carboxylic acids is 2. The van der Waals surface area contributed by atoms with Crippen molar-refractivity contribution in [3.63, 3.8) is 0 Å². The van der Waals surface area contributed by atoms with E-state index in [2.05, 4.69) is 5.32 Å². The van der Waals surface area contributed by atoms with Gasteiger partial charge in [0.1, 0.15) is 16.8 Å². The summed E-state index contributed by atoms with van der Waals surface area (Å²) < 4.78 is 40.6. The molecule has 0 bridgehead atoms. The zero-order chi connectivity index (χ0) is 31.9. The van der Waals surface area contributed by atoms with E-state index in [0.717, 1.165) is 0 Å². The van der Waals surface area contributed by atoms with Crippen LogP contribution in [-0.2, 0) is 4.74 Å². The van der Waals surface area contributed by atoms with Crippen LogP contribution in [-0.4, -0.2) is 80.9 Å². The predicted molar refractivity (Wildman–Crippen MR) is 169 cm³/mol. The Balaban J connectivity index is 1.27. The number of carbonyl (C=O) groups is 2. The molecular formula is C34H33FN4O7. The molecule has 0 spiro atoms. The topological polar surface area (TPSA) is 112 Å². The Kier molecular flexibility index (Phi) is 7.73. The highest BCUT2D eigenvalue weighted by atomic mass is 19.1. The van der Waals surface area contributed by atoms with Gasteiger partial charge in [0.05, 0.1) is 44.1 Å². The van der Waals surface area contributed by atoms with Gasteiger partial charge in [-0.15, -0.1) is 0 Å². The monoisotopic (exact) mass is 628 g/mol. The minimum atomic E-state index is -0.650. The number of pyridine rings is 1. The van der Waals surface area contributed by atoms with Crippen LogP contribution >= 0.6 is 0 Å². The number of methoxy groups -OCH3 is 2. The summed E-state index contributed by atoms with van der Waals surface area (Å²) in [4.78, 5) is 44.1. The first-order valence-electron chi connectivity index (χ1n) is 15.2. The number of nitrogens with zero attached hydrogens (tertiary/aromatic N) is 3. The molecule has 0 radical (unpaired) electrons. The molecule has 4 heterocycles. The van der Waals surface area contributed by atoms with Crippen molar-refractivity contribution in [1.29, 1.82) is 0 Å². The average molecular weight is 629 g/mol. The molecule has 3 aliphatic heterocycles. The number of ether oxygens (including phenoxy) is 4. The van der Waals surface area contributed by atoms with Crippen molar-refractivity contribution in [3.05, 3.63) is 81.9 Å². The van der Waals surface area contributed by atoms with Gasteiger partial charge in [0.2, 0.25) is 5.43 Å². The lowest BCUT2D eigenvalue weighted by atomic mass is 10.0. The average Bonchev–Trinajstić information content (AvgIpc) is 3.09. The molecule has 7 rings (SSSR count). The van der Waals surface area contributed by atoms with Crippen molar-refractivity contribution in [2.24, 2.45) is 0 Å². The lowest BCUT2D eigenvalue weighted by Gasteiger charge is -2.37. The zero-order valence-corrected chi connectivity index (χ0v) is 25.5. The molecule has 2 fully saturated rings. The molecule has 46 heavy (non-hydrogen) atoms. The van der Waals surface area contributed by atoms with Gasteiger partial charge in [-0.2, -0.15) is 0 Å². The van der Waals surface area contributed by atoms with Crippen molar-refractivity contribution < 1.29 is 32.9 Å². The summed E-state index contributed by atoms with van der Waals surface area (Å²) in [6.45, 7) is 2.31. The van der Waals surface area contributed by atoms with Crippen LogP contribution in [0.5, 0.6) is 23.0 Å². The third-order valence-corrected chi connectivity index (χ3v) is 8.76. The van der Waals surface area contributed by atoms with E-state index in [1.165, 1.54) is 26.5 Å². The summed E-state index contributed by atoms with van der Waals surface area (Å²) in [5.41, 5.74) is 0.930. The first kappa shape index (κ1) is 29.6. The highest BCUT2D eigenvalue weighted by molar-refractivity contribution is 6.01. The standard InChI is InChI=1S/C34H33FN4O7/c1-43-27-11-5-8-21(31(27)44-2)33(41)36-20-7-6-12-38(18-20)29-24(35)17-22-28-32(29)46-26-10-4-3-9-25(26)39(28)19-23(30(22)40)34(42)37-13-15-45-16-14-37/h3-5,8-11,17,19-20H,6-7,12-16,18H2,1-2H3,(H,36,41). The van der Waals surface area contributed by atoms with Crippen LogP contribution in [0.2, 0.25) is 0 Å². The maximum Gasteiger partial charge on any atom is 0.259 e. The van der Waals surface area contributed by atoms with Crippen molar-refractivity contribution in [3.8, 4) is 28.7 Å². The zero-order valence-electron chi connectivity index (χ0n) is 25.5.